The molecular weight excluding hydrogens is 266 g/mol. The SMILES string of the molecule is CC(C)COC(=O)C1(c2cc3ccccc3[nH]2)C=CNN1. The van der Waals surface area contributed by atoms with Crippen molar-refractivity contribution in [1.29, 1.82) is 0 Å². The number of aromatic amines is 1. The number of para-hydroxylation sites is 1. The Morgan fingerprint density at radius 3 is 2.81 bits per heavy atom. The van der Waals surface area contributed by atoms with Gasteiger partial charge in [-0.3, -0.25) is 0 Å². The number of rotatable bonds is 4. The fraction of sp³-hybridized carbons (Fsp3) is 0.312. The maximum absolute atomic E-state index is 12.6. The molecule has 0 spiro atoms. The largest absolute Gasteiger partial charge is 0.463 e. The number of carbonyl (C=O) groups excluding carboxylic acids is 1. The number of ether oxygens (including phenoxy) is 1. The lowest BCUT2D eigenvalue weighted by Crippen LogP contribution is -2.49. The van der Waals surface area contributed by atoms with E-state index in [4.69, 9.17) is 4.74 Å². The van der Waals surface area contributed by atoms with E-state index in [9.17, 15) is 4.79 Å². The molecule has 0 amide bonds. The Morgan fingerprint density at radius 1 is 1.33 bits per heavy atom. The number of hydrogen-bond acceptors (Lipinski definition) is 4. The molecule has 1 aromatic carbocycles. The van der Waals surface area contributed by atoms with E-state index < -0.39 is 5.54 Å². The minimum atomic E-state index is -1.01. The summed E-state index contributed by atoms with van der Waals surface area (Å²) in [5, 5.41) is 1.06. The van der Waals surface area contributed by atoms with Gasteiger partial charge in [-0.25, -0.2) is 10.2 Å². The minimum absolute atomic E-state index is 0.298. The van der Waals surface area contributed by atoms with Gasteiger partial charge in [-0.2, -0.15) is 0 Å². The zero-order valence-corrected chi connectivity index (χ0v) is 12.1. The molecular formula is C16H19N3O2. The second-order valence-corrected chi connectivity index (χ2v) is 5.67. The zero-order valence-electron chi connectivity index (χ0n) is 12.1. The first-order chi connectivity index (χ1) is 10.1. The number of hydrazine groups is 1. The molecule has 2 heterocycles. The number of H-pyrrole nitrogens is 1. The molecule has 0 saturated heterocycles. The van der Waals surface area contributed by atoms with E-state index in [0.717, 1.165) is 16.6 Å². The van der Waals surface area contributed by atoms with Gasteiger partial charge in [0.1, 0.15) is 0 Å². The van der Waals surface area contributed by atoms with Gasteiger partial charge in [0.05, 0.1) is 12.3 Å². The van der Waals surface area contributed by atoms with E-state index in [2.05, 4.69) is 15.8 Å². The molecule has 1 atom stereocenters. The van der Waals surface area contributed by atoms with E-state index in [-0.39, 0.29) is 5.97 Å². The normalized spacial score (nSPS) is 20.9. The standard InChI is InChI=1S/C16H19N3O2/c1-11(2)10-21-15(20)16(7-8-17-19-16)14-9-12-5-3-4-6-13(12)18-14/h3-9,11,17-19H,10H2,1-2H3. The van der Waals surface area contributed by atoms with E-state index in [1.165, 1.54) is 0 Å². The summed E-state index contributed by atoms with van der Waals surface area (Å²) in [5.41, 5.74) is 6.63. The number of hydrogen-bond donors (Lipinski definition) is 3. The van der Waals surface area contributed by atoms with Crippen LogP contribution in [0.2, 0.25) is 0 Å². The van der Waals surface area contributed by atoms with Crippen LogP contribution in [0.15, 0.2) is 42.6 Å². The predicted molar refractivity (Wildman–Crippen MR) is 81.2 cm³/mol. The van der Waals surface area contributed by atoms with Crippen molar-refractivity contribution in [2.45, 2.75) is 19.4 Å². The van der Waals surface area contributed by atoms with Crippen molar-refractivity contribution in [1.82, 2.24) is 15.8 Å². The molecule has 0 fully saturated rings. The Labute approximate surface area is 123 Å². The molecule has 5 heteroatoms. The first-order valence-corrected chi connectivity index (χ1v) is 7.08. The van der Waals surface area contributed by atoms with Gasteiger partial charge < -0.3 is 15.1 Å². The highest BCUT2D eigenvalue weighted by Crippen LogP contribution is 2.29. The number of fused-ring (bicyclic) bond motifs is 1. The van der Waals surface area contributed by atoms with Gasteiger partial charge in [0.25, 0.3) is 0 Å². The van der Waals surface area contributed by atoms with Gasteiger partial charge in [-0.05, 0) is 29.5 Å². The lowest BCUT2D eigenvalue weighted by molar-refractivity contribution is -0.151. The maximum Gasteiger partial charge on any atom is 0.338 e. The second-order valence-electron chi connectivity index (χ2n) is 5.67. The Bertz CT molecular complexity index is 657. The summed E-state index contributed by atoms with van der Waals surface area (Å²) in [6, 6.07) is 9.89. The van der Waals surface area contributed by atoms with Gasteiger partial charge in [0.2, 0.25) is 0 Å². The van der Waals surface area contributed by atoms with Crippen LogP contribution in [0, 0.1) is 5.92 Å². The first kappa shape index (κ1) is 13.7. The van der Waals surface area contributed by atoms with Crippen molar-refractivity contribution in [3.63, 3.8) is 0 Å². The number of aromatic nitrogens is 1. The Morgan fingerprint density at radius 2 is 2.14 bits per heavy atom. The van der Waals surface area contributed by atoms with Gasteiger partial charge in [-0.1, -0.05) is 32.0 Å². The van der Waals surface area contributed by atoms with Crippen LogP contribution in [-0.4, -0.2) is 17.6 Å². The summed E-state index contributed by atoms with van der Waals surface area (Å²) in [5.74, 6) is -0.0175. The molecule has 0 bridgehead atoms. The number of esters is 1. The third-order valence-electron chi connectivity index (χ3n) is 3.51. The van der Waals surface area contributed by atoms with Crippen molar-refractivity contribution in [2.24, 2.45) is 5.92 Å². The van der Waals surface area contributed by atoms with E-state index in [1.54, 1.807) is 12.3 Å². The Balaban J connectivity index is 1.97. The lowest BCUT2D eigenvalue weighted by atomic mass is 9.97. The van der Waals surface area contributed by atoms with E-state index >= 15 is 0 Å². The minimum Gasteiger partial charge on any atom is -0.463 e. The summed E-state index contributed by atoms with van der Waals surface area (Å²) in [6.45, 7) is 4.43. The number of benzene rings is 1. The number of nitrogens with one attached hydrogen (secondary N) is 3. The monoisotopic (exact) mass is 285 g/mol. The van der Waals surface area contributed by atoms with Crippen LogP contribution >= 0.6 is 0 Å². The summed E-state index contributed by atoms with van der Waals surface area (Å²) in [4.78, 5) is 15.8. The maximum atomic E-state index is 12.6. The molecule has 3 N–H and O–H groups in total. The van der Waals surface area contributed by atoms with Crippen molar-refractivity contribution in [2.75, 3.05) is 6.61 Å². The topological polar surface area (TPSA) is 66.2 Å². The molecule has 1 unspecified atom stereocenters. The third-order valence-corrected chi connectivity index (χ3v) is 3.51. The molecule has 3 rings (SSSR count). The highest BCUT2D eigenvalue weighted by Gasteiger charge is 2.43. The zero-order chi connectivity index (χ0) is 14.9. The van der Waals surface area contributed by atoms with Crippen molar-refractivity contribution >= 4 is 16.9 Å². The highest BCUT2D eigenvalue weighted by molar-refractivity contribution is 5.89. The average molecular weight is 285 g/mol. The van der Waals surface area contributed by atoms with Crippen molar-refractivity contribution < 1.29 is 9.53 Å². The van der Waals surface area contributed by atoms with Gasteiger partial charge >= 0.3 is 5.97 Å². The van der Waals surface area contributed by atoms with Crippen LogP contribution in [0.4, 0.5) is 0 Å². The Hall–Kier alpha value is -2.27. The molecule has 110 valence electrons. The first-order valence-electron chi connectivity index (χ1n) is 7.08. The van der Waals surface area contributed by atoms with Crippen molar-refractivity contribution in [3.8, 4) is 0 Å². The predicted octanol–water partition coefficient (Wildman–Crippen LogP) is 2.18. The molecule has 0 aliphatic carbocycles. The van der Waals surface area contributed by atoms with Crippen LogP contribution in [0.5, 0.6) is 0 Å². The van der Waals surface area contributed by atoms with Crippen LogP contribution < -0.4 is 10.9 Å². The lowest BCUT2D eigenvalue weighted by Gasteiger charge is -2.24. The summed E-state index contributed by atoms with van der Waals surface area (Å²) in [6.07, 6.45) is 3.49. The summed E-state index contributed by atoms with van der Waals surface area (Å²) >= 11 is 0. The Kier molecular flexibility index (Phi) is 3.43. The molecule has 2 aromatic rings. The summed E-state index contributed by atoms with van der Waals surface area (Å²) in [7, 11) is 0. The number of carbonyl (C=O) groups is 1. The molecule has 5 nitrogen and oxygen atoms in total. The van der Waals surface area contributed by atoms with Crippen LogP contribution in [0.1, 0.15) is 19.5 Å². The van der Waals surface area contributed by atoms with Crippen LogP contribution in [0.25, 0.3) is 10.9 Å². The smallest absolute Gasteiger partial charge is 0.338 e. The van der Waals surface area contributed by atoms with Crippen LogP contribution in [0.3, 0.4) is 0 Å². The molecule has 0 saturated carbocycles. The quantitative estimate of drug-likeness (QED) is 0.753. The molecule has 1 aliphatic heterocycles. The second kappa shape index (κ2) is 5.26. The highest BCUT2D eigenvalue weighted by atomic mass is 16.5. The molecule has 1 aromatic heterocycles. The van der Waals surface area contributed by atoms with Gasteiger partial charge in [-0.15, -0.1) is 0 Å². The fourth-order valence-corrected chi connectivity index (χ4v) is 2.39. The third kappa shape index (κ3) is 2.40. The van der Waals surface area contributed by atoms with Crippen molar-refractivity contribution in [3.05, 3.63) is 48.3 Å². The van der Waals surface area contributed by atoms with Crippen LogP contribution in [-0.2, 0) is 15.1 Å². The van der Waals surface area contributed by atoms with E-state index in [1.807, 2.05) is 44.2 Å². The molecule has 21 heavy (non-hydrogen) atoms. The fourth-order valence-electron chi connectivity index (χ4n) is 2.39. The molecule has 1 aliphatic rings. The summed E-state index contributed by atoms with van der Waals surface area (Å²) < 4.78 is 5.43. The van der Waals surface area contributed by atoms with Gasteiger partial charge in [0.15, 0.2) is 5.54 Å². The van der Waals surface area contributed by atoms with Gasteiger partial charge in [0, 0.05) is 11.7 Å². The molecule has 0 radical (unpaired) electrons. The van der Waals surface area contributed by atoms with E-state index in [0.29, 0.717) is 12.5 Å². The average Bonchev–Trinajstić information content (AvgIpc) is 3.11.